The van der Waals surface area contributed by atoms with E-state index >= 15 is 0 Å². The third-order valence-corrected chi connectivity index (χ3v) is 3.74. The van der Waals surface area contributed by atoms with Gasteiger partial charge in [0.25, 0.3) is 5.91 Å². The molecule has 6 heteroatoms. The van der Waals surface area contributed by atoms with E-state index in [4.69, 9.17) is 4.52 Å². The summed E-state index contributed by atoms with van der Waals surface area (Å²) in [6, 6.07) is 3.75. The van der Waals surface area contributed by atoms with Crippen LogP contribution >= 0.6 is 0 Å². The fourth-order valence-electron chi connectivity index (χ4n) is 2.56. The molecule has 2 aromatic rings. The summed E-state index contributed by atoms with van der Waals surface area (Å²) in [7, 11) is 0. The van der Waals surface area contributed by atoms with Gasteiger partial charge in [-0.15, -0.1) is 0 Å². The second-order valence-electron chi connectivity index (χ2n) is 5.02. The highest BCUT2D eigenvalue weighted by atomic mass is 16.5. The fourth-order valence-corrected chi connectivity index (χ4v) is 2.56. The zero-order valence-electron chi connectivity index (χ0n) is 11.3. The van der Waals surface area contributed by atoms with Crippen LogP contribution in [-0.4, -0.2) is 39.0 Å². The predicted octanol–water partition coefficient (Wildman–Crippen LogP) is 1.79. The smallest absolute Gasteiger partial charge is 0.272 e. The average Bonchev–Trinajstić information content (AvgIpc) is 3.01. The summed E-state index contributed by atoms with van der Waals surface area (Å²) in [6.07, 6.45) is 4.73. The molecule has 1 amide bonds. The van der Waals surface area contributed by atoms with Gasteiger partial charge in [0.15, 0.2) is 5.82 Å². The molecule has 0 bridgehead atoms. The number of carbonyl (C=O) groups excluding carboxylic acids is 1. The number of aromatic nitrogens is 3. The van der Waals surface area contributed by atoms with E-state index in [1.807, 2.05) is 24.0 Å². The Morgan fingerprint density at radius 2 is 2.15 bits per heavy atom. The summed E-state index contributed by atoms with van der Waals surface area (Å²) in [4.78, 5) is 22.6. The lowest BCUT2D eigenvalue weighted by molar-refractivity contribution is 0.0704. The van der Waals surface area contributed by atoms with Crippen molar-refractivity contribution in [1.29, 1.82) is 0 Å². The first-order valence-electron chi connectivity index (χ1n) is 6.73. The number of aryl methyl sites for hydroxylation is 1. The van der Waals surface area contributed by atoms with Gasteiger partial charge in [-0.1, -0.05) is 11.2 Å². The standard InChI is InChI=1S/C14H16N4O2/c1-10-3-2-6-15-12(10)14(19)18-7-4-11(5-8-18)13-16-9-20-17-13/h2-3,6,9,11H,4-5,7-8H2,1H3. The van der Waals surface area contributed by atoms with Gasteiger partial charge >= 0.3 is 0 Å². The normalized spacial score (nSPS) is 16.4. The number of carbonyl (C=O) groups is 1. The van der Waals surface area contributed by atoms with E-state index in [0.717, 1.165) is 24.2 Å². The lowest BCUT2D eigenvalue weighted by Gasteiger charge is -2.30. The van der Waals surface area contributed by atoms with Crippen LogP contribution in [0.4, 0.5) is 0 Å². The molecule has 1 aliphatic rings. The molecule has 0 aliphatic carbocycles. The molecule has 1 fully saturated rings. The predicted molar refractivity (Wildman–Crippen MR) is 71.2 cm³/mol. The molecule has 1 aliphatic heterocycles. The largest absolute Gasteiger partial charge is 0.343 e. The first-order valence-corrected chi connectivity index (χ1v) is 6.73. The summed E-state index contributed by atoms with van der Waals surface area (Å²) in [6.45, 7) is 3.31. The SMILES string of the molecule is Cc1cccnc1C(=O)N1CCC(c2ncon2)CC1. The third kappa shape index (κ3) is 2.41. The molecule has 0 aromatic carbocycles. The molecule has 0 atom stereocenters. The number of hydrogen-bond acceptors (Lipinski definition) is 5. The van der Waals surface area contributed by atoms with Crippen molar-refractivity contribution in [2.45, 2.75) is 25.7 Å². The van der Waals surface area contributed by atoms with Gasteiger partial charge in [0.05, 0.1) is 0 Å². The Balaban J connectivity index is 1.66. The van der Waals surface area contributed by atoms with Crippen LogP contribution in [0.25, 0.3) is 0 Å². The van der Waals surface area contributed by atoms with Gasteiger partial charge in [0.1, 0.15) is 5.69 Å². The average molecular weight is 272 g/mol. The lowest BCUT2D eigenvalue weighted by atomic mass is 9.96. The van der Waals surface area contributed by atoms with E-state index in [0.29, 0.717) is 18.8 Å². The highest BCUT2D eigenvalue weighted by Gasteiger charge is 2.27. The summed E-state index contributed by atoms with van der Waals surface area (Å²) in [5, 5.41) is 3.88. The minimum atomic E-state index is 0.00895. The molecule has 3 heterocycles. The number of hydrogen-bond donors (Lipinski definition) is 0. The maximum atomic E-state index is 12.4. The van der Waals surface area contributed by atoms with Crippen LogP contribution in [0.5, 0.6) is 0 Å². The van der Waals surface area contributed by atoms with Crippen LogP contribution in [0.2, 0.25) is 0 Å². The Bertz CT molecular complexity index is 589. The summed E-state index contributed by atoms with van der Waals surface area (Å²) in [5.41, 5.74) is 1.46. The summed E-state index contributed by atoms with van der Waals surface area (Å²) < 4.78 is 4.78. The van der Waals surface area contributed by atoms with E-state index in [1.165, 1.54) is 6.39 Å². The molecular weight excluding hydrogens is 256 g/mol. The van der Waals surface area contributed by atoms with Gasteiger partial charge in [-0.25, -0.2) is 0 Å². The molecule has 104 valence electrons. The van der Waals surface area contributed by atoms with Crippen molar-refractivity contribution < 1.29 is 9.32 Å². The number of piperidine rings is 1. The van der Waals surface area contributed by atoms with Gasteiger partial charge in [-0.05, 0) is 31.4 Å². The number of nitrogens with zero attached hydrogens (tertiary/aromatic N) is 4. The van der Waals surface area contributed by atoms with Crippen LogP contribution < -0.4 is 0 Å². The van der Waals surface area contributed by atoms with Gasteiger partial charge in [-0.3, -0.25) is 9.78 Å². The van der Waals surface area contributed by atoms with E-state index in [-0.39, 0.29) is 11.8 Å². The van der Waals surface area contributed by atoms with Crippen molar-refractivity contribution in [2.24, 2.45) is 0 Å². The number of rotatable bonds is 2. The lowest BCUT2D eigenvalue weighted by Crippen LogP contribution is -2.38. The summed E-state index contributed by atoms with van der Waals surface area (Å²) >= 11 is 0. The minimum absolute atomic E-state index is 0.00895. The minimum Gasteiger partial charge on any atom is -0.343 e. The van der Waals surface area contributed by atoms with Gasteiger partial charge in [-0.2, -0.15) is 4.98 Å². The zero-order valence-corrected chi connectivity index (χ0v) is 11.3. The van der Waals surface area contributed by atoms with E-state index in [1.54, 1.807) is 6.20 Å². The molecule has 3 rings (SSSR count). The third-order valence-electron chi connectivity index (χ3n) is 3.74. The number of pyridine rings is 1. The molecule has 0 N–H and O–H groups in total. The monoisotopic (exact) mass is 272 g/mol. The second-order valence-corrected chi connectivity index (χ2v) is 5.02. The van der Waals surface area contributed by atoms with Crippen molar-refractivity contribution >= 4 is 5.91 Å². The number of amides is 1. The molecule has 20 heavy (non-hydrogen) atoms. The first kappa shape index (κ1) is 12.8. The van der Waals surface area contributed by atoms with Crippen molar-refractivity contribution in [2.75, 3.05) is 13.1 Å². The Morgan fingerprint density at radius 1 is 1.35 bits per heavy atom. The van der Waals surface area contributed by atoms with Crippen LogP contribution in [0.3, 0.4) is 0 Å². The van der Waals surface area contributed by atoms with Crippen molar-refractivity contribution in [3.05, 3.63) is 41.8 Å². The van der Waals surface area contributed by atoms with Gasteiger partial charge in [0.2, 0.25) is 6.39 Å². The Morgan fingerprint density at radius 3 is 2.80 bits per heavy atom. The van der Waals surface area contributed by atoms with Crippen molar-refractivity contribution in [1.82, 2.24) is 20.0 Å². The Hall–Kier alpha value is -2.24. The molecule has 6 nitrogen and oxygen atoms in total. The highest BCUT2D eigenvalue weighted by molar-refractivity contribution is 5.93. The second kappa shape index (κ2) is 5.40. The molecule has 2 aromatic heterocycles. The quantitative estimate of drug-likeness (QED) is 0.833. The van der Waals surface area contributed by atoms with Crippen molar-refractivity contribution in [3.63, 3.8) is 0 Å². The first-order chi connectivity index (χ1) is 9.75. The van der Waals surface area contributed by atoms with Crippen LogP contribution in [0.15, 0.2) is 29.2 Å². The molecule has 0 radical (unpaired) electrons. The molecule has 0 spiro atoms. The van der Waals surface area contributed by atoms with E-state index < -0.39 is 0 Å². The van der Waals surface area contributed by atoms with Gasteiger partial charge in [0, 0.05) is 25.2 Å². The molecule has 0 unspecified atom stereocenters. The molecule has 0 saturated carbocycles. The van der Waals surface area contributed by atoms with Crippen LogP contribution in [0.1, 0.15) is 40.6 Å². The van der Waals surface area contributed by atoms with E-state index in [9.17, 15) is 4.79 Å². The highest BCUT2D eigenvalue weighted by Crippen LogP contribution is 2.26. The fraction of sp³-hybridized carbons (Fsp3) is 0.429. The zero-order chi connectivity index (χ0) is 13.9. The van der Waals surface area contributed by atoms with Crippen LogP contribution in [-0.2, 0) is 0 Å². The topological polar surface area (TPSA) is 72.1 Å². The number of likely N-dealkylation sites (tertiary alicyclic amines) is 1. The van der Waals surface area contributed by atoms with E-state index in [2.05, 4.69) is 15.1 Å². The maximum Gasteiger partial charge on any atom is 0.272 e. The maximum absolute atomic E-state index is 12.4. The van der Waals surface area contributed by atoms with Crippen LogP contribution in [0, 0.1) is 6.92 Å². The van der Waals surface area contributed by atoms with Crippen molar-refractivity contribution in [3.8, 4) is 0 Å². The Labute approximate surface area is 116 Å². The Kier molecular flexibility index (Phi) is 3.45. The summed E-state index contributed by atoms with van der Waals surface area (Å²) in [5.74, 6) is 1.03. The van der Waals surface area contributed by atoms with Gasteiger partial charge < -0.3 is 9.42 Å². The molecular formula is C14H16N4O2. The molecule has 1 saturated heterocycles.